The maximum atomic E-state index is 13.1. The molecule has 2 aromatic rings. The highest BCUT2D eigenvalue weighted by molar-refractivity contribution is 5.97. The molecule has 0 aliphatic carbocycles. The van der Waals surface area contributed by atoms with Crippen molar-refractivity contribution in [2.24, 2.45) is 0 Å². The highest BCUT2D eigenvalue weighted by Crippen LogP contribution is 2.32. The molecule has 0 saturated carbocycles. The van der Waals surface area contributed by atoms with Gasteiger partial charge < -0.3 is 10.2 Å². The summed E-state index contributed by atoms with van der Waals surface area (Å²) in [5.41, 5.74) is -0.889. The Labute approximate surface area is 153 Å². The molecule has 0 heterocycles. The van der Waals surface area contributed by atoms with E-state index >= 15 is 0 Å². The summed E-state index contributed by atoms with van der Waals surface area (Å²) in [5.74, 6) is -1.81. The molecule has 27 heavy (non-hydrogen) atoms. The molecule has 1 N–H and O–H groups in total. The maximum absolute atomic E-state index is 13.1. The van der Waals surface area contributed by atoms with Gasteiger partial charge in [0.15, 0.2) is 0 Å². The number of carbonyl (C=O) groups excluding carboxylic acids is 2. The van der Waals surface area contributed by atoms with E-state index in [0.717, 1.165) is 17.0 Å². The fraction of sp³-hybridized carbons (Fsp3) is 0.263. The Balaban J connectivity index is 2.05. The fourth-order valence-electron chi connectivity index (χ4n) is 2.45. The van der Waals surface area contributed by atoms with Crippen LogP contribution in [-0.4, -0.2) is 29.8 Å². The van der Waals surface area contributed by atoms with E-state index in [9.17, 15) is 27.2 Å². The lowest BCUT2D eigenvalue weighted by atomic mass is 10.1. The van der Waals surface area contributed by atoms with Crippen molar-refractivity contribution in [2.75, 3.05) is 13.1 Å². The molecule has 0 atom stereocenters. The Kier molecular flexibility index (Phi) is 6.55. The van der Waals surface area contributed by atoms with E-state index in [-0.39, 0.29) is 19.6 Å². The summed E-state index contributed by atoms with van der Waals surface area (Å²) in [7, 11) is 0. The monoisotopic (exact) mass is 382 g/mol. The number of rotatable bonds is 6. The normalized spacial score (nSPS) is 11.1. The first-order valence-corrected chi connectivity index (χ1v) is 8.19. The van der Waals surface area contributed by atoms with E-state index in [1.165, 1.54) is 36.4 Å². The van der Waals surface area contributed by atoms with Crippen molar-refractivity contribution in [3.63, 3.8) is 0 Å². The number of amides is 2. The molecule has 0 aliphatic heterocycles. The van der Waals surface area contributed by atoms with Crippen LogP contribution in [0.15, 0.2) is 48.5 Å². The van der Waals surface area contributed by atoms with Gasteiger partial charge in [-0.1, -0.05) is 24.3 Å². The Bertz CT molecular complexity index is 804. The predicted molar refractivity (Wildman–Crippen MR) is 91.3 cm³/mol. The van der Waals surface area contributed by atoms with Crippen molar-refractivity contribution < 1.29 is 27.2 Å². The van der Waals surface area contributed by atoms with Gasteiger partial charge in [-0.05, 0) is 36.8 Å². The number of alkyl halides is 3. The lowest BCUT2D eigenvalue weighted by Gasteiger charge is -2.22. The van der Waals surface area contributed by atoms with Gasteiger partial charge in [-0.2, -0.15) is 13.2 Å². The largest absolute Gasteiger partial charge is 0.417 e. The van der Waals surface area contributed by atoms with Crippen LogP contribution in [0.1, 0.15) is 28.4 Å². The van der Waals surface area contributed by atoms with Crippen LogP contribution in [0.25, 0.3) is 0 Å². The summed E-state index contributed by atoms with van der Waals surface area (Å²) in [4.78, 5) is 25.6. The molecule has 0 radical (unpaired) electrons. The number of halogens is 4. The Morgan fingerprint density at radius 2 is 1.67 bits per heavy atom. The van der Waals surface area contributed by atoms with Crippen molar-refractivity contribution in [3.05, 3.63) is 71.0 Å². The quantitative estimate of drug-likeness (QED) is 0.776. The third-order valence-corrected chi connectivity index (χ3v) is 3.87. The zero-order valence-corrected chi connectivity index (χ0v) is 14.5. The Hall–Kier alpha value is -2.90. The number of nitrogens with one attached hydrogen (secondary N) is 1. The minimum atomic E-state index is -4.67. The summed E-state index contributed by atoms with van der Waals surface area (Å²) < 4.78 is 52.2. The van der Waals surface area contributed by atoms with Crippen LogP contribution in [-0.2, 0) is 17.5 Å². The number of nitrogens with zero attached hydrogens (tertiary/aromatic N) is 1. The molecule has 2 amide bonds. The summed E-state index contributed by atoms with van der Waals surface area (Å²) in [6.07, 6.45) is -4.67. The molecule has 144 valence electrons. The van der Waals surface area contributed by atoms with E-state index in [1.54, 1.807) is 6.92 Å². The van der Waals surface area contributed by atoms with Crippen molar-refractivity contribution in [2.45, 2.75) is 19.6 Å². The number of carbonyl (C=O) groups is 2. The van der Waals surface area contributed by atoms with Crippen molar-refractivity contribution >= 4 is 11.8 Å². The molecule has 0 unspecified atom stereocenters. The van der Waals surface area contributed by atoms with Crippen LogP contribution in [0.2, 0.25) is 0 Å². The first-order chi connectivity index (χ1) is 12.7. The van der Waals surface area contributed by atoms with E-state index in [2.05, 4.69) is 5.32 Å². The topological polar surface area (TPSA) is 49.4 Å². The van der Waals surface area contributed by atoms with Crippen molar-refractivity contribution in [3.8, 4) is 0 Å². The van der Waals surface area contributed by atoms with E-state index in [0.29, 0.717) is 5.56 Å². The number of likely N-dealkylation sites (N-methyl/N-ethyl adjacent to an activating group) is 1. The number of benzene rings is 2. The SMILES string of the molecule is CCN(CC(=O)NCc1ccc(F)cc1)C(=O)c1ccccc1C(F)(F)F. The zero-order chi connectivity index (χ0) is 20.0. The first kappa shape index (κ1) is 20.4. The molecular weight excluding hydrogens is 364 g/mol. The van der Waals surface area contributed by atoms with Crippen LogP contribution in [0.3, 0.4) is 0 Å². The van der Waals surface area contributed by atoms with Crippen molar-refractivity contribution in [1.82, 2.24) is 10.2 Å². The van der Waals surface area contributed by atoms with Gasteiger partial charge in [0, 0.05) is 13.1 Å². The second kappa shape index (κ2) is 8.66. The van der Waals surface area contributed by atoms with Crippen molar-refractivity contribution in [1.29, 1.82) is 0 Å². The third-order valence-electron chi connectivity index (χ3n) is 3.87. The van der Waals surface area contributed by atoms with Gasteiger partial charge in [0.2, 0.25) is 5.91 Å². The van der Waals surface area contributed by atoms with Gasteiger partial charge in [0.05, 0.1) is 17.7 Å². The Morgan fingerprint density at radius 3 is 2.26 bits per heavy atom. The lowest BCUT2D eigenvalue weighted by molar-refractivity contribution is -0.138. The van der Waals surface area contributed by atoms with Gasteiger partial charge in [-0.3, -0.25) is 9.59 Å². The van der Waals surface area contributed by atoms with Gasteiger partial charge >= 0.3 is 6.18 Å². The molecule has 2 rings (SSSR count). The summed E-state index contributed by atoms with van der Waals surface area (Å²) in [6.45, 7) is 1.36. The third kappa shape index (κ3) is 5.54. The molecular formula is C19H18F4N2O2. The summed E-state index contributed by atoms with van der Waals surface area (Å²) in [5, 5.41) is 2.56. The lowest BCUT2D eigenvalue weighted by Crippen LogP contribution is -2.41. The van der Waals surface area contributed by atoms with Crippen LogP contribution in [0.5, 0.6) is 0 Å². The molecule has 0 saturated heterocycles. The van der Waals surface area contributed by atoms with Crippen LogP contribution in [0, 0.1) is 5.82 Å². The van der Waals surface area contributed by atoms with Gasteiger partial charge in [0.1, 0.15) is 5.82 Å². The second-order valence-electron chi connectivity index (χ2n) is 5.77. The van der Waals surface area contributed by atoms with Crippen LogP contribution >= 0.6 is 0 Å². The average Bonchev–Trinajstić information content (AvgIpc) is 2.64. The molecule has 0 aliphatic rings. The molecule has 4 nitrogen and oxygen atoms in total. The van der Waals surface area contributed by atoms with Gasteiger partial charge in [-0.25, -0.2) is 4.39 Å². The average molecular weight is 382 g/mol. The van der Waals surface area contributed by atoms with Crippen LogP contribution in [0.4, 0.5) is 17.6 Å². The van der Waals surface area contributed by atoms with Gasteiger partial charge in [0.25, 0.3) is 5.91 Å². The standard InChI is InChI=1S/C19H18F4N2O2/c1-2-25(12-17(26)24-11-13-7-9-14(20)10-8-13)18(27)15-5-3-4-6-16(15)19(21,22)23/h3-10H,2,11-12H2,1H3,(H,24,26). The molecule has 8 heteroatoms. The molecule has 2 aromatic carbocycles. The highest BCUT2D eigenvalue weighted by Gasteiger charge is 2.35. The van der Waals surface area contributed by atoms with E-state index in [4.69, 9.17) is 0 Å². The van der Waals surface area contributed by atoms with E-state index < -0.39 is 34.9 Å². The number of hydrogen-bond acceptors (Lipinski definition) is 2. The smallest absolute Gasteiger partial charge is 0.350 e. The molecule has 0 aromatic heterocycles. The van der Waals surface area contributed by atoms with Gasteiger partial charge in [-0.15, -0.1) is 0 Å². The van der Waals surface area contributed by atoms with Crippen LogP contribution < -0.4 is 5.32 Å². The first-order valence-electron chi connectivity index (χ1n) is 8.19. The Morgan fingerprint density at radius 1 is 1.04 bits per heavy atom. The van der Waals surface area contributed by atoms with E-state index in [1.807, 2.05) is 0 Å². The minimum Gasteiger partial charge on any atom is -0.350 e. The molecule has 0 fully saturated rings. The predicted octanol–water partition coefficient (Wildman–Crippen LogP) is 3.62. The highest BCUT2D eigenvalue weighted by atomic mass is 19.4. The molecule has 0 bridgehead atoms. The molecule has 0 spiro atoms. The minimum absolute atomic E-state index is 0.0645. The summed E-state index contributed by atoms with van der Waals surface area (Å²) >= 11 is 0. The summed E-state index contributed by atoms with van der Waals surface area (Å²) in [6, 6.07) is 9.95. The number of hydrogen-bond donors (Lipinski definition) is 1. The zero-order valence-electron chi connectivity index (χ0n) is 14.5. The fourth-order valence-corrected chi connectivity index (χ4v) is 2.45. The maximum Gasteiger partial charge on any atom is 0.417 e. The second-order valence-corrected chi connectivity index (χ2v) is 5.77.